The minimum Gasteiger partial charge on any atom is -0.392 e. The maximum Gasteiger partial charge on any atom is 0.0827 e. The summed E-state index contributed by atoms with van der Waals surface area (Å²) in [5.74, 6) is 0. The molecule has 0 atom stereocenters. The molecule has 0 radical (unpaired) electrons. The van der Waals surface area contributed by atoms with Crippen molar-refractivity contribution in [2.75, 3.05) is 5.32 Å². The lowest BCUT2D eigenvalue weighted by Gasteiger charge is -2.12. The number of anilines is 2. The third-order valence-electron chi connectivity index (χ3n) is 2.41. The molecule has 2 nitrogen and oxygen atoms in total. The summed E-state index contributed by atoms with van der Waals surface area (Å²) in [6.07, 6.45) is 0. The van der Waals surface area contributed by atoms with Gasteiger partial charge in [0.25, 0.3) is 0 Å². The molecule has 88 valence electrons. The maximum absolute atomic E-state index is 9.22. The predicted molar refractivity (Wildman–Crippen MR) is 72.1 cm³/mol. The number of hydrogen-bond acceptors (Lipinski definition) is 2. The minimum absolute atomic E-state index is 0.0264. The Morgan fingerprint density at radius 1 is 0.941 bits per heavy atom. The molecule has 4 heteroatoms. The van der Waals surface area contributed by atoms with Crippen LogP contribution in [0.1, 0.15) is 5.56 Å². The number of nitrogens with one attached hydrogen (secondary N) is 1. The molecule has 0 aliphatic heterocycles. The summed E-state index contributed by atoms with van der Waals surface area (Å²) in [4.78, 5) is 0. The van der Waals surface area contributed by atoms with Crippen LogP contribution in [0.25, 0.3) is 0 Å². The summed E-state index contributed by atoms with van der Waals surface area (Å²) in [6, 6.07) is 12.9. The van der Waals surface area contributed by atoms with Crippen molar-refractivity contribution in [1.29, 1.82) is 0 Å². The molecule has 2 aromatic carbocycles. The quantitative estimate of drug-likeness (QED) is 0.873. The van der Waals surface area contributed by atoms with Gasteiger partial charge in [-0.1, -0.05) is 47.5 Å². The van der Waals surface area contributed by atoms with E-state index in [2.05, 4.69) is 5.32 Å². The number of benzene rings is 2. The van der Waals surface area contributed by atoms with Gasteiger partial charge in [-0.2, -0.15) is 0 Å². The topological polar surface area (TPSA) is 32.3 Å². The van der Waals surface area contributed by atoms with E-state index < -0.39 is 0 Å². The smallest absolute Gasteiger partial charge is 0.0827 e. The van der Waals surface area contributed by atoms with E-state index in [1.54, 1.807) is 6.07 Å². The number of aliphatic hydroxyl groups excluding tert-OH is 1. The molecule has 0 unspecified atom stereocenters. The summed E-state index contributed by atoms with van der Waals surface area (Å²) in [5, 5.41) is 13.3. The Hall–Kier alpha value is -1.22. The molecule has 0 aliphatic rings. The van der Waals surface area contributed by atoms with Crippen molar-refractivity contribution in [3.8, 4) is 0 Å². The molecule has 0 amide bonds. The molecular formula is C13H11Cl2NO. The molecule has 0 heterocycles. The maximum atomic E-state index is 9.22. The minimum atomic E-state index is -0.0264. The van der Waals surface area contributed by atoms with E-state index >= 15 is 0 Å². The summed E-state index contributed by atoms with van der Waals surface area (Å²) >= 11 is 12.0. The van der Waals surface area contributed by atoms with Crippen molar-refractivity contribution < 1.29 is 5.11 Å². The van der Waals surface area contributed by atoms with Crippen LogP contribution < -0.4 is 5.32 Å². The first-order chi connectivity index (χ1) is 8.22. The molecule has 0 aromatic heterocycles. The lowest BCUT2D eigenvalue weighted by Crippen LogP contribution is -1.96. The largest absolute Gasteiger partial charge is 0.392 e. The van der Waals surface area contributed by atoms with Crippen LogP contribution in [0.4, 0.5) is 11.4 Å². The highest BCUT2D eigenvalue weighted by molar-refractivity contribution is 6.43. The Morgan fingerprint density at radius 3 is 2.41 bits per heavy atom. The molecule has 0 fully saturated rings. The highest BCUT2D eigenvalue weighted by Gasteiger charge is 2.06. The highest BCUT2D eigenvalue weighted by atomic mass is 35.5. The second kappa shape index (κ2) is 5.41. The Labute approximate surface area is 110 Å². The summed E-state index contributed by atoms with van der Waals surface area (Å²) in [5.41, 5.74) is 2.35. The normalized spacial score (nSPS) is 10.3. The average Bonchev–Trinajstić information content (AvgIpc) is 2.35. The molecule has 0 saturated heterocycles. The van der Waals surface area contributed by atoms with E-state index in [4.69, 9.17) is 23.2 Å². The number of rotatable bonds is 3. The van der Waals surface area contributed by atoms with Crippen molar-refractivity contribution in [3.63, 3.8) is 0 Å². The third kappa shape index (κ3) is 2.72. The van der Waals surface area contributed by atoms with Crippen LogP contribution in [0.2, 0.25) is 10.0 Å². The molecule has 0 saturated carbocycles. The fourth-order valence-electron chi connectivity index (χ4n) is 1.53. The Balaban J connectivity index is 2.35. The Morgan fingerprint density at radius 2 is 1.65 bits per heavy atom. The number of hydrogen-bond donors (Lipinski definition) is 2. The number of aliphatic hydroxyl groups is 1. The zero-order valence-corrected chi connectivity index (χ0v) is 10.5. The first-order valence-electron chi connectivity index (χ1n) is 5.12. The molecule has 2 N–H and O–H groups in total. The summed E-state index contributed by atoms with van der Waals surface area (Å²) in [6.45, 7) is -0.0264. The standard InChI is InChI=1S/C13H11Cl2NO/c14-10-5-3-7-12(13(10)15)16-11-6-2-1-4-9(11)8-17/h1-7,16-17H,8H2. The fourth-order valence-corrected chi connectivity index (χ4v) is 1.87. The molecule has 2 aromatic rings. The van der Waals surface area contributed by atoms with Gasteiger partial charge in [0.05, 0.1) is 22.3 Å². The monoisotopic (exact) mass is 267 g/mol. The van der Waals surface area contributed by atoms with Crippen LogP contribution in [-0.2, 0) is 6.61 Å². The van der Waals surface area contributed by atoms with Gasteiger partial charge >= 0.3 is 0 Å². The second-order valence-corrected chi connectivity index (χ2v) is 4.33. The van der Waals surface area contributed by atoms with E-state index in [9.17, 15) is 5.11 Å². The van der Waals surface area contributed by atoms with Gasteiger partial charge in [0.1, 0.15) is 0 Å². The first-order valence-corrected chi connectivity index (χ1v) is 5.88. The van der Waals surface area contributed by atoms with Crippen LogP contribution in [-0.4, -0.2) is 5.11 Å². The van der Waals surface area contributed by atoms with Crippen molar-refractivity contribution in [1.82, 2.24) is 0 Å². The van der Waals surface area contributed by atoms with Crippen molar-refractivity contribution in [3.05, 3.63) is 58.1 Å². The lowest BCUT2D eigenvalue weighted by molar-refractivity contribution is 0.282. The Kier molecular flexibility index (Phi) is 3.89. The van der Waals surface area contributed by atoms with E-state index in [0.717, 1.165) is 16.9 Å². The van der Waals surface area contributed by atoms with Crippen LogP contribution in [0.15, 0.2) is 42.5 Å². The van der Waals surface area contributed by atoms with E-state index in [0.29, 0.717) is 10.0 Å². The average molecular weight is 268 g/mol. The van der Waals surface area contributed by atoms with Gasteiger partial charge in [-0.3, -0.25) is 0 Å². The molecule has 17 heavy (non-hydrogen) atoms. The molecule has 0 spiro atoms. The fraction of sp³-hybridized carbons (Fsp3) is 0.0769. The highest BCUT2D eigenvalue weighted by Crippen LogP contribution is 2.32. The predicted octanol–water partition coefficient (Wildman–Crippen LogP) is 4.23. The number of halogens is 2. The van der Waals surface area contributed by atoms with Gasteiger partial charge in [0.2, 0.25) is 0 Å². The second-order valence-electron chi connectivity index (χ2n) is 3.54. The molecule has 2 rings (SSSR count). The van der Waals surface area contributed by atoms with Gasteiger partial charge in [-0.15, -0.1) is 0 Å². The summed E-state index contributed by atoms with van der Waals surface area (Å²) < 4.78 is 0. The van der Waals surface area contributed by atoms with E-state index in [-0.39, 0.29) is 6.61 Å². The van der Waals surface area contributed by atoms with Crippen molar-refractivity contribution in [2.24, 2.45) is 0 Å². The molecule has 0 aliphatic carbocycles. The zero-order valence-electron chi connectivity index (χ0n) is 8.95. The summed E-state index contributed by atoms with van der Waals surface area (Å²) in [7, 11) is 0. The van der Waals surface area contributed by atoms with Gasteiger partial charge in [0.15, 0.2) is 0 Å². The molecular weight excluding hydrogens is 257 g/mol. The third-order valence-corrected chi connectivity index (χ3v) is 3.23. The van der Waals surface area contributed by atoms with Crippen molar-refractivity contribution in [2.45, 2.75) is 6.61 Å². The van der Waals surface area contributed by atoms with Gasteiger partial charge in [0, 0.05) is 11.3 Å². The molecule has 0 bridgehead atoms. The SMILES string of the molecule is OCc1ccccc1Nc1cccc(Cl)c1Cl. The van der Waals surface area contributed by atoms with Crippen LogP contribution >= 0.6 is 23.2 Å². The zero-order chi connectivity index (χ0) is 12.3. The van der Waals surface area contributed by atoms with E-state index in [1.165, 1.54) is 0 Å². The first kappa shape index (κ1) is 12.2. The van der Waals surface area contributed by atoms with Gasteiger partial charge in [-0.25, -0.2) is 0 Å². The lowest BCUT2D eigenvalue weighted by atomic mass is 10.2. The van der Waals surface area contributed by atoms with Crippen LogP contribution in [0.3, 0.4) is 0 Å². The van der Waals surface area contributed by atoms with Crippen LogP contribution in [0, 0.1) is 0 Å². The van der Waals surface area contributed by atoms with Gasteiger partial charge < -0.3 is 10.4 Å². The number of para-hydroxylation sites is 1. The van der Waals surface area contributed by atoms with E-state index in [1.807, 2.05) is 36.4 Å². The van der Waals surface area contributed by atoms with Crippen molar-refractivity contribution >= 4 is 34.6 Å². The Bertz CT molecular complexity index is 529. The van der Waals surface area contributed by atoms with Gasteiger partial charge in [-0.05, 0) is 18.2 Å². The van der Waals surface area contributed by atoms with Crippen LogP contribution in [0.5, 0.6) is 0 Å².